The van der Waals surface area contributed by atoms with Crippen molar-refractivity contribution in [2.45, 2.75) is 31.9 Å². The largest absolute Gasteiger partial charge is 0.373 e. The summed E-state index contributed by atoms with van der Waals surface area (Å²) in [4.78, 5) is 10.9. The first-order valence-corrected chi connectivity index (χ1v) is 4.17. The van der Waals surface area contributed by atoms with E-state index in [1.807, 2.05) is 13.8 Å². The van der Waals surface area contributed by atoms with Gasteiger partial charge in [-0.15, -0.1) is 0 Å². The first-order chi connectivity index (χ1) is 5.53. The number of nitrogens with one attached hydrogen (secondary N) is 1. The number of hydrogen-bond acceptors (Lipinski definition) is 3. The molecule has 3 N–H and O–H groups in total. The zero-order valence-corrected chi connectivity index (χ0v) is 7.59. The van der Waals surface area contributed by atoms with Crippen LogP contribution in [0.2, 0.25) is 0 Å². The molecule has 0 radical (unpaired) electrons. The lowest BCUT2D eigenvalue weighted by Crippen LogP contribution is -2.39. The molecule has 70 valence electrons. The smallest absolute Gasteiger partial charge is 0.234 e. The van der Waals surface area contributed by atoms with Gasteiger partial charge in [-0.2, -0.15) is 0 Å². The van der Waals surface area contributed by atoms with Gasteiger partial charge in [-0.1, -0.05) is 0 Å². The lowest BCUT2D eigenvalue weighted by molar-refractivity contribution is -0.120. The molecule has 1 unspecified atom stereocenters. The molecule has 0 bridgehead atoms. The van der Waals surface area contributed by atoms with E-state index in [1.54, 1.807) is 0 Å². The van der Waals surface area contributed by atoms with E-state index >= 15 is 0 Å². The van der Waals surface area contributed by atoms with Crippen molar-refractivity contribution in [1.29, 1.82) is 0 Å². The van der Waals surface area contributed by atoms with Crippen LogP contribution in [0.4, 0.5) is 0 Å². The van der Waals surface area contributed by atoms with Crippen molar-refractivity contribution in [3.63, 3.8) is 0 Å². The average Bonchev–Trinajstić information content (AvgIpc) is 2.30. The standard InChI is InChI=1S/C8H16N2O2/c1-8(2)3-6(5-12-8)10-7(11)4-9/h6H,3-5,9H2,1-2H3,(H,10,11). The second kappa shape index (κ2) is 3.41. The normalized spacial score (nSPS) is 27.1. The van der Waals surface area contributed by atoms with Crippen molar-refractivity contribution in [3.05, 3.63) is 0 Å². The zero-order valence-electron chi connectivity index (χ0n) is 7.59. The van der Waals surface area contributed by atoms with Gasteiger partial charge in [0, 0.05) is 0 Å². The zero-order chi connectivity index (χ0) is 9.19. The number of hydrogen-bond donors (Lipinski definition) is 2. The second-order valence-corrected chi connectivity index (χ2v) is 3.74. The predicted octanol–water partition coefficient (Wildman–Crippen LogP) is -0.371. The molecule has 0 aliphatic carbocycles. The highest BCUT2D eigenvalue weighted by Crippen LogP contribution is 2.24. The molecule has 1 aliphatic rings. The second-order valence-electron chi connectivity index (χ2n) is 3.74. The quantitative estimate of drug-likeness (QED) is 0.597. The Morgan fingerprint density at radius 2 is 2.42 bits per heavy atom. The van der Waals surface area contributed by atoms with Crippen LogP contribution in [0.15, 0.2) is 0 Å². The van der Waals surface area contributed by atoms with Crippen LogP contribution in [0.3, 0.4) is 0 Å². The molecule has 0 aromatic heterocycles. The van der Waals surface area contributed by atoms with E-state index in [0.29, 0.717) is 6.61 Å². The Kier molecular flexibility index (Phi) is 2.69. The highest BCUT2D eigenvalue weighted by Gasteiger charge is 2.32. The Morgan fingerprint density at radius 3 is 2.83 bits per heavy atom. The van der Waals surface area contributed by atoms with Gasteiger partial charge < -0.3 is 15.8 Å². The molecule has 4 heteroatoms. The van der Waals surface area contributed by atoms with Crippen LogP contribution in [-0.2, 0) is 9.53 Å². The maximum absolute atomic E-state index is 10.9. The molecular weight excluding hydrogens is 156 g/mol. The molecule has 1 heterocycles. The van der Waals surface area contributed by atoms with Crippen LogP contribution in [0.5, 0.6) is 0 Å². The van der Waals surface area contributed by atoms with Gasteiger partial charge in [-0.3, -0.25) is 4.79 Å². The Morgan fingerprint density at radius 1 is 1.75 bits per heavy atom. The van der Waals surface area contributed by atoms with Crippen molar-refractivity contribution in [3.8, 4) is 0 Å². The molecular formula is C8H16N2O2. The van der Waals surface area contributed by atoms with Gasteiger partial charge in [0.2, 0.25) is 5.91 Å². The Bertz CT molecular complexity index is 180. The summed E-state index contributed by atoms with van der Waals surface area (Å²) < 4.78 is 5.44. The van der Waals surface area contributed by atoms with Crippen LogP contribution in [0.1, 0.15) is 20.3 Å². The molecule has 1 atom stereocenters. The molecule has 4 nitrogen and oxygen atoms in total. The monoisotopic (exact) mass is 172 g/mol. The third kappa shape index (κ3) is 2.46. The summed E-state index contributed by atoms with van der Waals surface area (Å²) in [5.74, 6) is -0.110. The molecule has 0 spiro atoms. The first-order valence-electron chi connectivity index (χ1n) is 4.17. The van der Waals surface area contributed by atoms with Crippen LogP contribution < -0.4 is 11.1 Å². The van der Waals surface area contributed by atoms with E-state index < -0.39 is 0 Å². The maximum Gasteiger partial charge on any atom is 0.234 e. The van der Waals surface area contributed by atoms with Gasteiger partial charge in [-0.05, 0) is 20.3 Å². The number of amides is 1. The van der Waals surface area contributed by atoms with Crippen molar-refractivity contribution < 1.29 is 9.53 Å². The van der Waals surface area contributed by atoms with E-state index in [9.17, 15) is 4.79 Å². The van der Waals surface area contributed by atoms with Gasteiger partial charge in [0.1, 0.15) is 0 Å². The third-order valence-corrected chi connectivity index (χ3v) is 1.96. The number of ether oxygens (including phenoxy) is 1. The SMILES string of the molecule is CC1(C)CC(NC(=O)CN)CO1. The Balaban J connectivity index is 2.33. The van der Waals surface area contributed by atoms with Gasteiger partial charge >= 0.3 is 0 Å². The molecule has 1 saturated heterocycles. The van der Waals surface area contributed by atoms with Crippen molar-refractivity contribution >= 4 is 5.91 Å². The van der Waals surface area contributed by atoms with Gasteiger partial charge in [0.05, 0.1) is 24.8 Å². The van der Waals surface area contributed by atoms with Gasteiger partial charge in [-0.25, -0.2) is 0 Å². The molecule has 0 aromatic rings. The van der Waals surface area contributed by atoms with Crippen LogP contribution in [-0.4, -0.2) is 30.7 Å². The van der Waals surface area contributed by atoms with Crippen molar-refractivity contribution in [2.24, 2.45) is 5.73 Å². The molecule has 1 rings (SSSR count). The van der Waals surface area contributed by atoms with Crippen molar-refractivity contribution in [1.82, 2.24) is 5.32 Å². The van der Waals surface area contributed by atoms with Crippen molar-refractivity contribution in [2.75, 3.05) is 13.2 Å². The fourth-order valence-electron chi connectivity index (χ4n) is 1.42. The number of carbonyl (C=O) groups excluding carboxylic acids is 1. The minimum atomic E-state index is -0.110. The summed E-state index contributed by atoms with van der Waals surface area (Å²) in [5.41, 5.74) is 5.06. The fraction of sp³-hybridized carbons (Fsp3) is 0.875. The number of carbonyl (C=O) groups is 1. The summed E-state index contributed by atoms with van der Waals surface area (Å²) in [7, 11) is 0. The molecule has 1 aliphatic heterocycles. The van der Waals surface area contributed by atoms with Gasteiger partial charge in [0.25, 0.3) is 0 Å². The summed E-state index contributed by atoms with van der Waals surface area (Å²) in [5, 5.41) is 2.80. The summed E-state index contributed by atoms with van der Waals surface area (Å²) in [6.45, 7) is 4.68. The molecule has 12 heavy (non-hydrogen) atoms. The molecule has 1 fully saturated rings. The predicted molar refractivity (Wildman–Crippen MR) is 45.6 cm³/mol. The average molecular weight is 172 g/mol. The number of nitrogens with two attached hydrogens (primary N) is 1. The van der Waals surface area contributed by atoms with Crippen LogP contribution >= 0.6 is 0 Å². The topological polar surface area (TPSA) is 64.4 Å². The van der Waals surface area contributed by atoms with E-state index in [4.69, 9.17) is 10.5 Å². The Hall–Kier alpha value is -0.610. The van der Waals surface area contributed by atoms with E-state index in [2.05, 4.69) is 5.32 Å². The van der Waals surface area contributed by atoms with Crippen LogP contribution in [0, 0.1) is 0 Å². The first kappa shape index (κ1) is 9.48. The summed E-state index contributed by atoms with van der Waals surface area (Å²) >= 11 is 0. The molecule has 0 saturated carbocycles. The minimum absolute atomic E-state index is 0.0525. The summed E-state index contributed by atoms with van der Waals surface area (Å²) in [6.07, 6.45) is 0.860. The summed E-state index contributed by atoms with van der Waals surface area (Å²) in [6, 6.07) is 0.135. The van der Waals surface area contributed by atoms with E-state index in [-0.39, 0.29) is 24.1 Å². The highest BCUT2D eigenvalue weighted by atomic mass is 16.5. The van der Waals surface area contributed by atoms with E-state index in [0.717, 1.165) is 6.42 Å². The van der Waals surface area contributed by atoms with Crippen LogP contribution in [0.25, 0.3) is 0 Å². The minimum Gasteiger partial charge on any atom is -0.373 e. The molecule has 1 amide bonds. The molecule has 0 aromatic carbocycles. The lowest BCUT2D eigenvalue weighted by atomic mass is 10.0. The lowest BCUT2D eigenvalue weighted by Gasteiger charge is -2.15. The Labute approximate surface area is 72.5 Å². The number of rotatable bonds is 2. The van der Waals surface area contributed by atoms with Gasteiger partial charge in [0.15, 0.2) is 0 Å². The maximum atomic E-state index is 10.9. The highest BCUT2D eigenvalue weighted by molar-refractivity contribution is 5.78. The third-order valence-electron chi connectivity index (χ3n) is 1.96. The van der Waals surface area contributed by atoms with E-state index in [1.165, 1.54) is 0 Å². The fourth-order valence-corrected chi connectivity index (χ4v) is 1.42.